The van der Waals surface area contributed by atoms with Crippen LogP contribution in [0.1, 0.15) is 17.4 Å². The van der Waals surface area contributed by atoms with Crippen molar-refractivity contribution >= 4 is 16.8 Å². The number of hydrogen-bond donors (Lipinski definition) is 0. The maximum absolute atomic E-state index is 13.5. The van der Waals surface area contributed by atoms with E-state index in [4.69, 9.17) is 4.74 Å². The lowest BCUT2D eigenvalue weighted by molar-refractivity contribution is 0.0940. The first-order chi connectivity index (χ1) is 7.54. The zero-order chi connectivity index (χ0) is 11.9. The van der Waals surface area contributed by atoms with Gasteiger partial charge in [0.15, 0.2) is 11.6 Å². The molecule has 84 valence electrons. The Hall–Kier alpha value is -1.84. The summed E-state index contributed by atoms with van der Waals surface area (Å²) in [4.78, 5) is 11.4. The molecule has 4 heteroatoms. The Morgan fingerprint density at radius 3 is 2.62 bits per heavy atom. The average molecular weight is 221 g/mol. The van der Waals surface area contributed by atoms with E-state index in [1.807, 2.05) is 13.0 Å². The molecule has 1 aromatic carbocycles. The third-order valence-electron chi connectivity index (χ3n) is 2.57. The third-order valence-corrected chi connectivity index (χ3v) is 2.57. The molecule has 0 aliphatic heterocycles. The maximum atomic E-state index is 13.5. The van der Waals surface area contributed by atoms with Crippen molar-refractivity contribution in [2.75, 3.05) is 7.11 Å². The lowest BCUT2D eigenvalue weighted by Gasteiger charge is -2.04. The van der Waals surface area contributed by atoms with Gasteiger partial charge in [0.2, 0.25) is 5.91 Å². The first-order valence-corrected chi connectivity index (χ1v) is 4.91. The Labute approximate surface area is 92.4 Å². The summed E-state index contributed by atoms with van der Waals surface area (Å²) in [5.41, 5.74) is 1.36. The maximum Gasteiger partial charge on any atom is 0.228 e. The van der Waals surface area contributed by atoms with Crippen molar-refractivity contribution in [1.29, 1.82) is 0 Å². The predicted molar refractivity (Wildman–Crippen MR) is 59.5 cm³/mol. The molecule has 0 atom stereocenters. The summed E-state index contributed by atoms with van der Waals surface area (Å²) in [5.74, 6) is -0.402. The highest BCUT2D eigenvalue weighted by Gasteiger charge is 2.12. The molecule has 3 nitrogen and oxygen atoms in total. The topological polar surface area (TPSA) is 31.2 Å². The molecule has 2 rings (SSSR count). The molecule has 0 fully saturated rings. The van der Waals surface area contributed by atoms with Crippen LogP contribution >= 0.6 is 0 Å². The average Bonchev–Trinajstić information content (AvgIpc) is 2.51. The molecule has 0 N–H and O–H groups in total. The molecular weight excluding hydrogens is 209 g/mol. The molecule has 0 amide bonds. The molecule has 2 aromatic rings. The van der Waals surface area contributed by atoms with Crippen molar-refractivity contribution in [2.24, 2.45) is 0 Å². The Bertz CT molecular complexity index is 572. The Balaban J connectivity index is 2.81. The van der Waals surface area contributed by atoms with E-state index in [9.17, 15) is 9.18 Å². The quantitative estimate of drug-likeness (QED) is 0.741. The van der Waals surface area contributed by atoms with E-state index in [2.05, 4.69) is 0 Å². The Morgan fingerprint density at radius 2 is 2.06 bits per heavy atom. The van der Waals surface area contributed by atoms with Crippen LogP contribution in [0, 0.1) is 12.7 Å². The number of halogens is 1. The SMILES string of the molecule is COc1cc2cc(C)n(C(C)=O)c2cc1F. The molecule has 0 saturated carbocycles. The number of fused-ring (bicyclic) bond motifs is 1. The van der Waals surface area contributed by atoms with Crippen LogP contribution in [0.15, 0.2) is 18.2 Å². The molecule has 1 aromatic heterocycles. The summed E-state index contributed by atoms with van der Waals surface area (Å²) >= 11 is 0. The molecular formula is C12H12FNO2. The molecule has 0 spiro atoms. The molecule has 1 heterocycles. The summed E-state index contributed by atoms with van der Waals surface area (Å²) in [6, 6.07) is 4.75. The van der Waals surface area contributed by atoms with E-state index >= 15 is 0 Å². The number of ether oxygens (including phenoxy) is 1. The number of rotatable bonds is 1. The zero-order valence-corrected chi connectivity index (χ0v) is 9.37. The van der Waals surface area contributed by atoms with Crippen molar-refractivity contribution in [1.82, 2.24) is 4.57 Å². The van der Waals surface area contributed by atoms with E-state index in [-0.39, 0.29) is 11.7 Å². The van der Waals surface area contributed by atoms with Crippen LogP contribution in [0.5, 0.6) is 5.75 Å². The fraction of sp³-hybridized carbons (Fsp3) is 0.250. The van der Waals surface area contributed by atoms with Gasteiger partial charge < -0.3 is 4.74 Å². The van der Waals surface area contributed by atoms with Crippen LogP contribution in [-0.4, -0.2) is 17.6 Å². The van der Waals surface area contributed by atoms with Gasteiger partial charge in [-0.2, -0.15) is 0 Å². The number of carbonyl (C=O) groups excluding carboxylic acids is 1. The number of carbonyl (C=O) groups is 1. The highest BCUT2D eigenvalue weighted by atomic mass is 19.1. The minimum Gasteiger partial charge on any atom is -0.494 e. The first-order valence-electron chi connectivity index (χ1n) is 4.91. The first kappa shape index (κ1) is 10.7. The number of nitrogens with zero attached hydrogens (tertiary/aromatic N) is 1. The monoisotopic (exact) mass is 221 g/mol. The summed E-state index contributed by atoms with van der Waals surface area (Å²) in [6.45, 7) is 3.26. The Kier molecular flexibility index (Phi) is 2.42. The van der Waals surface area contributed by atoms with Gasteiger partial charge in [-0.05, 0) is 19.1 Å². The Morgan fingerprint density at radius 1 is 1.38 bits per heavy atom. The van der Waals surface area contributed by atoms with Crippen LogP contribution < -0.4 is 4.74 Å². The predicted octanol–water partition coefficient (Wildman–Crippen LogP) is 2.76. The molecule has 16 heavy (non-hydrogen) atoms. The van der Waals surface area contributed by atoms with Gasteiger partial charge in [-0.1, -0.05) is 0 Å². The minimum atomic E-state index is -0.462. The van der Waals surface area contributed by atoms with Gasteiger partial charge in [0.05, 0.1) is 12.6 Å². The van der Waals surface area contributed by atoms with Crippen LogP contribution in [0.2, 0.25) is 0 Å². The second-order valence-electron chi connectivity index (χ2n) is 3.69. The summed E-state index contributed by atoms with van der Waals surface area (Å²) in [7, 11) is 1.42. The number of methoxy groups -OCH3 is 1. The number of aryl methyl sites for hydroxylation is 1. The molecule has 0 saturated heterocycles. The fourth-order valence-electron chi connectivity index (χ4n) is 1.92. The van der Waals surface area contributed by atoms with Crippen molar-refractivity contribution in [3.8, 4) is 5.75 Å². The third kappa shape index (κ3) is 1.46. The van der Waals surface area contributed by atoms with Crippen molar-refractivity contribution in [2.45, 2.75) is 13.8 Å². The number of hydrogen-bond acceptors (Lipinski definition) is 2. The van der Waals surface area contributed by atoms with E-state index in [0.29, 0.717) is 5.52 Å². The lowest BCUT2D eigenvalue weighted by atomic mass is 10.2. The minimum absolute atomic E-state index is 0.128. The normalized spacial score (nSPS) is 10.8. The van der Waals surface area contributed by atoms with E-state index in [1.165, 1.54) is 24.7 Å². The van der Waals surface area contributed by atoms with E-state index < -0.39 is 5.82 Å². The lowest BCUT2D eigenvalue weighted by Crippen LogP contribution is -2.06. The summed E-state index contributed by atoms with van der Waals surface area (Å²) in [5, 5.41) is 0.797. The molecule has 0 bridgehead atoms. The molecule has 0 aliphatic rings. The number of benzene rings is 1. The van der Waals surface area contributed by atoms with Gasteiger partial charge >= 0.3 is 0 Å². The highest BCUT2D eigenvalue weighted by Crippen LogP contribution is 2.27. The van der Waals surface area contributed by atoms with Gasteiger partial charge in [-0.3, -0.25) is 9.36 Å². The van der Waals surface area contributed by atoms with Gasteiger partial charge in [-0.15, -0.1) is 0 Å². The van der Waals surface area contributed by atoms with Crippen LogP contribution in [-0.2, 0) is 0 Å². The highest BCUT2D eigenvalue weighted by molar-refractivity contribution is 5.93. The van der Waals surface area contributed by atoms with E-state index in [0.717, 1.165) is 11.1 Å². The van der Waals surface area contributed by atoms with Gasteiger partial charge in [0, 0.05) is 24.1 Å². The van der Waals surface area contributed by atoms with Crippen LogP contribution in [0.3, 0.4) is 0 Å². The van der Waals surface area contributed by atoms with Crippen LogP contribution in [0.4, 0.5) is 4.39 Å². The van der Waals surface area contributed by atoms with Crippen molar-refractivity contribution in [3.05, 3.63) is 29.7 Å². The van der Waals surface area contributed by atoms with E-state index in [1.54, 1.807) is 6.07 Å². The second kappa shape index (κ2) is 3.63. The molecule has 0 unspecified atom stereocenters. The molecule has 0 radical (unpaired) electrons. The van der Waals surface area contributed by atoms with Crippen molar-refractivity contribution < 1.29 is 13.9 Å². The molecule has 0 aliphatic carbocycles. The van der Waals surface area contributed by atoms with Gasteiger partial charge in [0.25, 0.3) is 0 Å². The second-order valence-corrected chi connectivity index (χ2v) is 3.69. The number of aromatic nitrogens is 1. The largest absolute Gasteiger partial charge is 0.494 e. The smallest absolute Gasteiger partial charge is 0.228 e. The summed E-state index contributed by atoms with van der Waals surface area (Å²) < 4.78 is 19.9. The zero-order valence-electron chi connectivity index (χ0n) is 9.37. The van der Waals surface area contributed by atoms with Gasteiger partial charge in [-0.25, -0.2) is 4.39 Å². The van der Waals surface area contributed by atoms with Crippen molar-refractivity contribution in [3.63, 3.8) is 0 Å². The standard InChI is InChI=1S/C12H12FNO2/c1-7-4-9-5-12(16-3)10(13)6-11(9)14(7)8(2)15/h4-6H,1-3H3. The summed E-state index contributed by atoms with van der Waals surface area (Å²) in [6.07, 6.45) is 0. The van der Waals surface area contributed by atoms with Crippen LogP contribution in [0.25, 0.3) is 10.9 Å². The fourth-order valence-corrected chi connectivity index (χ4v) is 1.92. The van der Waals surface area contributed by atoms with Gasteiger partial charge in [0.1, 0.15) is 0 Å².